The summed E-state index contributed by atoms with van der Waals surface area (Å²) < 4.78 is 64.1. The summed E-state index contributed by atoms with van der Waals surface area (Å²) in [4.78, 5) is 14.5. The summed E-state index contributed by atoms with van der Waals surface area (Å²) in [5.74, 6) is 0. The molecule has 26 heavy (non-hydrogen) atoms. The molecule has 1 heterocycles. The second-order valence-electron chi connectivity index (χ2n) is 5.36. The fourth-order valence-corrected chi connectivity index (χ4v) is 2.92. The van der Waals surface area contributed by atoms with Gasteiger partial charge in [0.1, 0.15) is 0 Å². The molecule has 0 saturated heterocycles. The van der Waals surface area contributed by atoms with Crippen LogP contribution in [0, 0.1) is 0 Å². The number of nitrogens with one attached hydrogen (secondary N) is 1. The Balaban J connectivity index is 2.63. The quantitative estimate of drug-likeness (QED) is 0.482. The molecule has 1 N–H and O–H groups in total. The third kappa shape index (κ3) is 5.77. The Hall–Kier alpha value is -0.960. The van der Waals surface area contributed by atoms with Gasteiger partial charge < -0.3 is 9.88 Å². The minimum absolute atomic E-state index is 0.0956. The van der Waals surface area contributed by atoms with Crippen molar-refractivity contribution >= 4 is 63.0 Å². The van der Waals surface area contributed by atoms with Gasteiger partial charge in [-0.15, -0.1) is 0 Å². The molecule has 0 aliphatic heterocycles. The van der Waals surface area contributed by atoms with Crippen LogP contribution >= 0.6 is 46.4 Å². The van der Waals surface area contributed by atoms with Gasteiger partial charge in [-0.1, -0.05) is 34.8 Å². The van der Waals surface area contributed by atoms with E-state index in [4.69, 9.17) is 46.4 Å². The predicted molar refractivity (Wildman–Crippen MR) is 92.9 cm³/mol. The third-order valence-corrected chi connectivity index (χ3v) is 3.72. The molecule has 0 amide bonds. The number of fused-ring (bicyclic) bond motifs is 1. The van der Waals surface area contributed by atoms with E-state index in [1.807, 2.05) is 0 Å². The van der Waals surface area contributed by atoms with Crippen molar-refractivity contribution in [3.8, 4) is 0 Å². The van der Waals surface area contributed by atoms with Gasteiger partial charge in [-0.2, -0.15) is 22.0 Å². The maximum absolute atomic E-state index is 13.2. The molecule has 0 saturated carbocycles. The van der Waals surface area contributed by atoms with Crippen LogP contribution in [0.25, 0.3) is 10.9 Å². The summed E-state index contributed by atoms with van der Waals surface area (Å²) >= 11 is 21.8. The lowest BCUT2D eigenvalue weighted by Gasteiger charge is -2.30. The lowest BCUT2D eigenvalue weighted by Crippen LogP contribution is -2.39. The van der Waals surface area contributed by atoms with Crippen molar-refractivity contribution in [2.75, 3.05) is 18.0 Å². The van der Waals surface area contributed by atoms with E-state index in [2.05, 4.69) is 4.98 Å². The van der Waals surface area contributed by atoms with Gasteiger partial charge >= 0.3 is 11.6 Å². The van der Waals surface area contributed by atoms with Crippen molar-refractivity contribution in [1.29, 1.82) is 0 Å². The number of alkyl halides is 9. The van der Waals surface area contributed by atoms with Crippen LogP contribution in [-0.4, -0.2) is 27.2 Å². The molecule has 0 atom stereocenters. The van der Waals surface area contributed by atoms with Crippen LogP contribution < -0.4 is 10.5 Å². The van der Waals surface area contributed by atoms with Crippen molar-refractivity contribution in [1.82, 2.24) is 4.98 Å². The third-order valence-electron chi connectivity index (χ3n) is 3.24. The number of rotatable bonds is 4. The second-order valence-corrected chi connectivity index (χ2v) is 8.43. The number of benzene rings is 1. The molecule has 0 spiro atoms. The fraction of sp³-hybridized carbons (Fsp3) is 0.357. The average molecular weight is 458 g/mol. The van der Waals surface area contributed by atoms with Gasteiger partial charge in [0.2, 0.25) is 9.35 Å². The van der Waals surface area contributed by atoms with Crippen molar-refractivity contribution in [3.63, 3.8) is 0 Å². The molecule has 1 aromatic heterocycles. The SMILES string of the molecule is O=c1cc(C(F)(F)F)c2cc(N(CC(F)(F)Cl)CC(Cl)(Cl)Cl)ccc2[nH]1. The van der Waals surface area contributed by atoms with Crippen molar-refractivity contribution in [2.45, 2.75) is 15.4 Å². The topological polar surface area (TPSA) is 36.1 Å². The highest BCUT2D eigenvalue weighted by Gasteiger charge is 2.35. The number of halogens is 9. The number of aromatic nitrogens is 1. The number of nitrogens with zero attached hydrogens (tertiary/aromatic N) is 1. The molecule has 0 radical (unpaired) electrons. The monoisotopic (exact) mass is 456 g/mol. The summed E-state index contributed by atoms with van der Waals surface area (Å²) in [5.41, 5.74) is -2.39. The van der Waals surface area contributed by atoms with Gasteiger partial charge in [-0.3, -0.25) is 4.79 Å². The molecule has 0 bridgehead atoms. The number of H-pyrrole nitrogens is 1. The fourth-order valence-electron chi connectivity index (χ4n) is 2.34. The molecule has 0 aliphatic rings. The number of aromatic amines is 1. The summed E-state index contributed by atoms with van der Waals surface area (Å²) in [5, 5.41) is -4.12. The molecule has 1 aromatic carbocycles. The van der Waals surface area contributed by atoms with Crippen LogP contribution in [-0.2, 0) is 6.18 Å². The van der Waals surface area contributed by atoms with E-state index in [0.29, 0.717) is 6.07 Å². The lowest BCUT2D eigenvalue weighted by atomic mass is 10.1. The first kappa shape index (κ1) is 21.3. The molecule has 0 aliphatic carbocycles. The minimum atomic E-state index is -4.83. The highest BCUT2D eigenvalue weighted by atomic mass is 35.6. The van der Waals surface area contributed by atoms with Crippen LogP contribution in [0.2, 0.25) is 0 Å². The number of hydrogen-bond donors (Lipinski definition) is 1. The van der Waals surface area contributed by atoms with Crippen LogP contribution in [0.3, 0.4) is 0 Å². The summed E-state index contributed by atoms with van der Waals surface area (Å²) in [6.07, 6.45) is -4.83. The zero-order valence-electron chi connectivity index (χ0n) is 12.5. The van der Waals surface area contributed by atoms with E-state index < -0.39 is 44.9 Å². The van der Waals surface area contributed by atoms with Gasteiger partial charge in [0, 0.05) is 22.7 Å². The molecule has 12 heteroatoms. The predicted octanol–water partition coefficient (Wildman–Crippen LogP) is 5.56. The maximum Gasteiger partial charge on any atom is 0.417 e. The standard InChI is InChI=1S/C14H9Cl4F5N2O/c15-12(16,17)5-25(6-13(18,19)20)7-1-2-10-8(3-7)9(14(21,22)23)4-11(26)24-10/h1-4H,5-6H2,(H,24,26). The number of anilines is 1. The van der Waals surface area contributed by atoms with E-state index in [1.54, 1.807) is 0 Å². The molecular weight excluding hydrogens is 449 g/mol. The van der Waals surface area contributed by atoms with Gasteiger partial charge in [-0.25, -0.2) is 0 Å². The van der Waals surface area contributed by atoms with Crippen molar-refractivity contribution in [3.05, 3.63) is 40.2 Å². The zero-order valence-corrected chi connectivity index (χ0v) is 15.5. The minimum Gasteiger partial charge on any atom is -0.360 e. The molecule has 0 fully saturated rings. The van der Waals surface area contributed by atoms with Gasteiger partial charge in [-0.05, 0) is 29.8 Å². The first-order valence-electron chi connectivity index (χ1n) is 6.78. The van der Waals surface area contributed by atoms with E-state index in [-0.39, 0.29) is 11.2 Å². The van der Waals surface area contributed by atoms with Gasteiger partial charge in [0.15, 0.2) is 0 Å². The molecule has 144 valence electrons. The second kappa shape index (κ2) is 7.22. The van der Waals surface area contributed by atoms with E-state index in [1.165, 1.54) is 6.07 Å². The van der Waals surface area contributed by atoms with E-state index >= 15 is 0 Å². The van der Waals surface area contributed by atoms with Gasteiger partial charge in [0.05, 0.1) is 18.7 Å². The zero-order chi connectivity index (χ0) is 19.9. The molecule has 0 unspecified atom stereocenters. The Morgan fingerprint density at radius 2 is 1.58 bits per heavy atom. The molecule has 2 aromatic rings. The van der Waals surface area contributed by atoms with Crippen LogP contribution in [0.4, 0.5) is 27.6 Å². The van der Waals surface area contributed by atoms with Crippen molar-refractivity contribution in [2.24, 2.45) is 0 Å². The molecular formula is C14H9Cl4F5N2O. The first-order valence-corrected chi connectivity index (χ1v) is 8.30. The van der Waals surface area contributed by atoms with E-state index in [9.17, 15) is 26.7 Å². The van der Waals surface area contributed by atoms with Crippen LogP contribution in [0.5, 0.6) is 0 Å². The van der Waals surface area contributed by atoms with Crippen LogP contribution in [0.15, 0.2) is 29.1 Å². The Morgan fingerprint density at radius 1 is 0.962 bits per heavy atom. The smallest absolute Gasteiger partial charge is 0.360 e. The Kier molecular flexibility index (Phi) is 5.93. The Bertz CT molecular complexity index is 841. The Labute approximate surface area is 163 Å². The van der Waals surface area contributed by atoms with Crippen molar-refractivity contribution < 1.29 is 22.0 Å². The van der Waals surface area contributed by atoms with Crippen LogP contribution in [0.1, 0.15) is 5.56 Å². The normalized spacial score (nSPS) is 13.3. The average Bonchev–Trinajstić information content (AvgIpc) is 2.41. The number of pyridine rings is 1. The maximum atomic E-state index is 13.2. The summed E-state index contributed by atoms with van der Waals surface area (Å²) in [6, 6.07) is 3.69. The highest BCUT2D eigenvalue weighted by Crippen LogP contribution is 2.37. The summed E-state index contributed by atoms with van der Waals surface area (Å²) in [7, 11) is 0. The molecule has 2 rings (SSSR count). The molecule has 3 nitrogen and oxygen atoms in total. The van der Waals surface area contributed by atoms with E-state index in [0.717, 1.165) is 17.0 Å². The Morgan fingerprint density at radius 3 is 2.08 bits per heavy atom. The first-order chi connectivity index (χ1) is 11.7. The highest BCUT2D eigenvalue weighted by molar-refractivity contribution is 6.67. The summed E-state index contributed by atoms with van der Waals surface area (Å²) in [6.45, 7) is -1.67. The number of hydrogen-bond acceptors (Lipinski definition) is 2. The lowest BCUT2D eigenvalue weighted by molar-refractivity contribution is -0.136. The van der Waals surface area contributed by atoms with Gasteiger partial charge in [0.25, 0.3) is 0 Å². The largest absolute Gasteiger partial charge is 0.417 e.